The average molecular weight is 288 g/mol. The quantitative estimate of drug-likeness (QED) is 0.578. The van der Waals surface area contributed by atoms with E-state index in [9.17, 15) is 12.8 Å². The molecule has 1 atom stereocenters. The Hall–Kier alpha value is -1.58. The zero-order valence-electron chi connectivity index (χ0n) is 9.91. The molecule has 2 rings (SSSR count). The SMILES string of the molecule is N=C(N)C1CN(S(=O)(=O)c2cncc(F)c2)CCO1. The molecule has 2 heterocycles. The minimum atomic E-state index is -3.85. The average Bonchev–Trinajstić information content (AvgIpc) is 2.39. The van der Waals surface area contributed by atoms with Crippen LogP contribution in [0.2, 0.25) is 0 Å². The zero-order chi connectivity index (χ0) is 14.0. The van der Waals surface area contributed by atoms with Crippen LogP contribution in [0.4, 0.5) is 4.39 Å². The van der Waals surface area contributed by atoms with Gasteiger partial charge < -0.3 is 10.5 Å². The number of aromatic nitrogens is 1. The third-order valence-corrected chi connectivity index (χ3v) is 4.52. The minimum absolute atomic E-state index is 0.0613. The van der Waals surface area contributed by atoms with Gasteiger partial charge in [-0.25, -0.2) is 12.8 Å². The molecular formula is C10H13FN4O3S. The van der Waals surface area contributed by atoms with Gasteiger partial charge in [0.2, 0.25) is 10.0 Å². The van der Waals surface area contributed by atoms with Crippen molar-refractivity contribution < 1.29 is 17.5 Å². The Bertz CT molecular complexity index is 592. The van der Waals surface area contributed by atoms with Gasteiger partial charge in [-0.1, -0.05) is 0 Å². The minimum Gasteiger partial charge on any atom is -0.385 e. The number of amidine groups is 1. The van der Waals surface area contributed by atoms with Crippen LogP contribution < -0.4 is 5.73 Å². The van der Waals surface area contributed by atoms with Crippen molar-refractivity contribution in [1.29, 1.82) is 5.41 Å². The Balaban J connectivity index is 2.27. The molecule has 0 spiro atoms. The van der Waals surface area contributed by atoms with Crippen LogP contribution in [-0.2, 0) is 14.8 Å². The standard InChI is InChI=1S/C10H13FN4O3S/c11-7-3-8(5-14-4-7)19(16,17)15-1-2-18-9(6-15)10(12)13/h3-5,9H,1-2,6H2,(H3,12,13). The summed E-state index contributed by atoms with van der Waals surface area (Å²) in [6.45, 7) is 0.197. The molecule has 1 aliphatic rings. The maximum atomic E-state index is 13.0. The van der Waals surface area contributed by atoms with Crippen LogP contribution >= 0.6 is 0 Å². The molecule has 1 unspecified atom stereocenters. The normalized spacial score (nSPS) is 21.2. The Morgan fingerprint density at radius 2 is 2.32 bits per heavy atom. The van der Waals surface area contributed by atoms with E-state index in [-0.39, 0.29) is 30.4 Å². The molecule has 0 saturated carbocycles. The molecule has 0 aromatic carbocycles. The molecule has 0 aliphatic carbocycles. The van der Waals surface area contributed by atoms with Crippen molar-refractivity contribution >= 4 is 15.9 Å². The summed E-state index contributed by atoms with van der Waals surface area (Å²) in [6, 6.07) is 0.903. The summed E-state index contributed by atoms with van der Waals surface area (Å²) in [4.78, 5) is 3.30. The van der Waals surface area contributed by atoms with Crippen LogP contribution in [0, 0.1) is 11.2 Å². The lowest BCUT2D eigenvalue weighted by atomic mass is 10.3. The fourth-order valence-corrected chi connectivity index (χ4v) is 3.11. The van der Waals surface area contributed by atoms with E-state index in [1.807, 2.05) is 0 Å². The molecule has 1 aromatic heterocycles. The first-order chi connectivity index (χ1) is 8.91. The Morgan fingerprint density at radius 1 is 1.58 bits per heavy atom. The molecule has 7 nitrogen and oxygen atoms in total. The number of pyridine rings is 1. The molecule has 3 N–H and O–H groups in total. The molecule has 9 heteroatoms. The highest BCUT2D eigenvalue weighted by atomic mass is 32.2. The molecule has 0 bridgehead atoms. The van der Waals surface area contributed by atoms with Crippen molar-refractivity contribution in [3.63, 3.8) is 0 Å². The number of halogens is 1. The van der Waals surface area contributed by atoms with Crippen LogP contribution in [0.1, 0.15) is 0 Å². The number of hydrogen-bond acceptors (Lipinski definition) is 5. The monoisotopic (exact) mass is 288 g/mol. The van der Waals surface area contributed by atoms with E-state index in [4.69, 9.17) is 15.9 Å². The van der Waals surface area contributed by atoms with Gasteiger partial charge in [0.1, 0.15) is 22.7 Å². The summed E-state index contributed by atoms with van der Waals surface area (Å²) in [7, 11) is -3.85. The Labute approximate surface area is 109 Å². The van der Waals surface area contributed by atoms with Crippen LogP contribution in [0.15, 0.2) is 23.4 Å². The van der Waals surface area contributed by atoms with Gasteiger partial charge in [-0.15, -0.1) is 0 Å². The van der Waals surface area contributed by atoms with E-state index in [2.05, 4.69) is 4.98 Å². The van der Waals surface area contributed by atoms with Gasteiger partial charge in [-0.2, -0.15) is 4.31 Å². The summed E-state index contributed by atoms with van der Waals surface area (Å²) < 4.78 is 43.9. The topological polar surface area (TPSA) is 109 Å². The number of nitrogens with one attached hydrogen (secondary N) is 1. The van der Waals surface area contributed by atoms with Gasteiger partial charge in [0, 0.05) is 19.3 Å². The van der Waals surface area contributed by atoms with E-state index in [1.54, 1.807) is 0 Å². The second kappa shape index (κ2) is 5.19. The first kappa shape index (κ1) is 13.8. The van der Waals surface area contributed by atoms with Gasteiger partial charge in [0.05, 0.1) is 12.8 Å². The van der Waals surface area contributed by atoms with E-state index in [0.717, 1.165) is 22.8 Å². The van der Waals surface area contributed by atoms with Gasteiger partial charge in [-0.3, -0.25) is 10.4 Å². The number of morpholine rings is 1. The highest BCUT2D eigenvalue weighted by Crippen LogP contribution is 2.18. The smallest absolute Gasteiger partial charge is 0.244 e. The van der Waals surface area contributed by atoms with Crippen molar-refractivity contribution in [3.8, 4) is 0 Å². The van der Waals surface area contributed by atoms with Gasteiger partial charge in [0.15, 0.2) is 0 Å². The maximum Gasteiger partial charge on any atom is 0.244 e. The van der Waals surface area contributed by atoms with Crippen LogP contribution in [0.3, 0.4) is 0 Å². The summed E-state index contributed by atoms with van der Waals surface area (Å²) in [5, 5.41) is 7.28. The lowest BCUT2D eigenvalue weighted by Crippen LogP contribution is -2.50. The number of hydrogen-bond donors (Lipinski definition) is 2. The Kier molecular flexibility index (Phi) is 3.78. The summed E-state index contributed by atoms with van der Waals surface area (Å²) in [5.41, 5.74) is 5.30. The number of nitrogens with zero attached hydrogens (tertiary/aromatic N) is 2. The largest absolute Gasteiger partial charge is 0.385 e. The predicted molar refractivity (Wildman–Crippen MR) is 64.6 cm³/mol. The van der Waals surface area contributed by atoms with E-state index in [0.29, 0.717) is 0 Å². The molecule has 1 aliphatic heterocycles. The number of ether oxygens (including phenoxy) is 1. The summed E-state index contributed by atoms with van der Waals surface area (Å²) in [6.07, 6.45) is 1.23. The van der Waals surface area contributed by atoms with Crippen molar-refractivity contribution in [2.24, 2.45) is 5.73 Å². The fourth-order valence-electron chi connectivity index (χ4n) is 1.71. The fraction of sp³-hybridized carbons (Fsp3) is 0.400. The lowest BCUT2D eigenvalue weighted by Gasteiger charge is -2.31. The Morgan fingerprint density at radius 3 is 2.95 bits per heavy atom. The molecule has 104 valence electrons. The molecule has 0 amide bonds. The van der Waals surface area contributed by atoms with Gasteiger partial charge >= 0.3 is 0 Å². The van der Waals surface area contributed by atoms with Crippen molar-refractivity contribution in [2.75, 3.05) is 19.7 Å². The van der Waals surface area contributed by atoms with Crippen LogP contribution in [0.5, 0.6) is 0 Å². The number of rotatable bonds is 3. The molecule has 1 aromatic rings. The van der Waals surface area contributed by atoms with Crippen molar-refractivity contribution in [1.82, 2.24) is 9.29 Å². The van der Waals surface area contributed by atoms with E-state index in [1.165, 1.54) is 0 Å². The van der Waals surface area contributed by atoms with E-state index < -0.39 is 21.9 Å². The predicted octanol–water partition coefficient (Wildman–Crippen LogP) is -0.454. The first-order valence-electron chi connectivity index (χ1n) is 5.47. The van der Waals surface area contributed by atoms with Gasteiger partial charge in [-0.05, 0) is 6.07 Å². The third-order valence-electron chi connectivity index (χ3n) is 2.69. The molecule has 0 radical (unpaired) electrons. The zero-order valence-corrected chi connectivity index (χ0v) is 10.7. The third kappa shape index (κ3) is 2.88. The first-order valence-corrected chi connectivity index (χ1v) is 6.91. The van der Waals surface area contributed by atoms with Crippen LogP contribution in [0.25, 0.3) is 0 Å². The second-order valence-corrected chi connectivity index (χ2v) is 5.95. The number of sulfonamides is 1. The van der Waals surface area contributed by atoms with Crippen molar-refractivity contribution in [3.05, 3.63) is 24.3 Å². The number of nitrogens with two attached hydrogens (primary N) is 1. The van der Waals surface area contributed by atoms with E-state index >= 15 is 0 Å². The van der Waals surface area contributed by atoms with Crippen LogP contribution in [-0.4, -0.2) is 49.3 Å². The van der Waals surface area contributed by atoms with Gasteiger partial charge in [0.25, 0.3) is 0 Å². The lowest BCUT2D eigenvalue weighted by molar-refractivity contribution is 0.0368. The van der Waals surface area contributed by atoms with Crippen molar-refractivity contribution in [2.45, 2.75) is 11.0 Å². The summed E-state index contributed by atoms with van der Waals surface area (Å²) >= 11 is 0. The molecule has 1 saturated heterocycles. The summed E-state index contributed by atoms with van der Waals surface area (Å²) in [5.74, 6) is -0.963. The molecule has 19 heavy (non-hydrogen) atoms. The maximum absolute atomic E-state index is 13.0. The highest BCUT2D eigenvalue weighted by molar-refractivity contribution is 7.89. The highest BCUT2D eigenvalue weighted by Gasteiger charge is 2.32. The molecular weight excluding hydrogens is 275 g/mol. The molecule has 1 fully saturated rings. The second-order valence-electron chi connectivity index (χ2n) is 4.02.